The van der Waals surface area contributed by atoms with Gasteiger partial charge in [0, 0.05) is 119 Å². The van der Waals surface area contributed by atoms with E-state index in [4.69, 9.17) is 26.1 Å². The molecule has 71 heavy (non-hydrogen) atoms. The van der Waals surface area contributed by atoms with E-state index in [1.54, 1.807) is 12.3 Å². The Balaban J connectivity index is 0.677. The largest absolute Gasteiger partial charge is 0.462 e. The van der Waals surface area contributed by atoms with Crippen molar-refractivity contribution in [2.75, 3.05) is 88.9 Å². The molecule has 2 aromatic heterocycles. The molecule has 2 N–H and O–H groups in total. The molecule has 366 valence electrons. The van der Waals surface area contributed by atoms with E-state index in [1.165, 1.54) is 0 Å². The minimum absolute atomic E-state index is 0.0887. The fraction of sp³-hybridized carbons (Fsp3) is 0.463. The van der Waals surface area contributed by atoms with Gasteiger partial charge < -0.3 is 24.8 Å². The molecule has 2 bridgehead atoms. The number of benzene rings is 3. The molecule has 3 aromatic carbocycles. The molecule has 6 saturated heterocycles. The number of nitrogens with zero attached hydrogens (tertiary/aromatic N) is 9. The average molecular weight is 960 g/mol. The number of fused-ring (bicyclic) bond motifs is 5. The third kappa shape index (κ3) is 8.34. The number of halogens is 1. The van der Waals surface area contributed by atoms with E-state index in [1.807, 2.05) is 48.5 Å². The van der Waals surface area contributed by atoms with Gasteiger partial charge in [-0.1, -0.05) is 42.3 Å². The monoisotopic (exact) mass is 959 g/mol. The van der Waals surface area contributed by atoms with Crippen molar-refractivity contribution in [1.29, 1.82) is 0 Å². The molecule has 9 heterocycles. The number of piperidine rings is 2. The van der Waals surface area contributed by atoms with Crippen LogP contribution in [0.25, 0.3) is 32.9 Å². The van der Waals surface area contributed by atoms with Crippen LogP contribution in [0.15, 0.2) is 60.8 Å². The normalized spacial score (nSPS) is 25.6. The van der Waals surface area contributed by atoms with Crippen molar-refractivity contribution in [2.45, 2.75) is 75.2 Å². The number of carbonyl (C=O) groups is 4. The molecule has 17 heteroatoms. The molecular formula is C54H58FN11O5. The van der Waals surface area contributed by atoms with Crippen LogP contribution in [0.5, 0.6) is 6.01 Å². The van der Waals surface area contributed by atoms with Gasteiger partial charge in [-0.05, 0) is 75.1 Å². The van der Waals surface area contributed by atoms with Crippen molar-refractivity contribution >= 4 is 56.8 Å². The Bertz CT molecular complexity index is 3000. The number of hydrogen-bond acceptors (Lipinski definition) is 14. The van der Waals surface area contributed by atoms with Crippen LogP contribution in [-0.4, -0.2) is 167 Å². The van der Waals surface area contributed by atoms with Crippen LogP contribution in [0.4, 0.5) is 15.9 Å². The summed E-state index contributed by atoms with van der Waals surface area (Å²) in [5, 5.41) is 8.23. The molecule has 7 aliphatic rings. The molecule has 7 aliphatic heterocycles. The molecule has 5 aromatic rings. The van der Waals surface area contributed by atoms with Crippen molar-refractivity contribution in [1.82, 2.24) is 45.2 Å². The minimum Gasteiger partial charge on any atom is -0.462 e. The van der Waals surface area contributed by atoms with E-state index in [0.717, 1.165) is 119 Å². The van der Waals surface area contributed by atoms with E-state index >= 15 is 4.39 Å². The van der Waals surface area contributed by atoms with Gasteiger partial charge in [0.1, 0.15) is 29.7 Å². The number of likely N-dealkylation sites (tertiary alicyclic amines) is 1. The van der Waals surface area contributed by atoms with Gasteiger partial charge in [-0.15, -0.1) is 6.42 Å². The summed E-state index contributed by atoms with van der Waals surface area (Å²) in [5.74, 6) is 1.49. The van der Waals surface area contributed by atoms with Gasteiger partial charge in [-0.25, -0.2) is 4.39 Å². The lowest BCUT2D eigenvalue weighted by molar-refractivity contribution is -0.136. The number of terminal acetylenes is 1. The van der Waals surface area contributed by atoms with Gasteiger partial charge in [0.2, 0.25) is 11.8 Å². The Morgan fingerprint density at radius 2 is 1.58 bits per heavy atom. The van der Waals surface area contributed by atoms with Gasteiger partial charge in [0.05, 0.1) is 22.2 Å². The fourth-order valence-corrected chi connectivity index (χ4v) is 12.6. The lowest BCUT2D eigenvalue weighted by Gasteiger charge is -2.41. The highest BCUT2D eigenvalue weighted by Gasteiger charge is 2.46. The van der Waals surface area contributed by atoms with Crippen molar-refractivity contribution < 1.29 is 28.3 Å². The number of rotatable bonds is 10. The molecule has 0 spiro atoms. The highest BCUT2D eigenvalue weighted by molar-refractivity contribution is 6.25. The molecule has 0 saturated carbocycles. The van der Waals surface area contributed by atoms with Crippen molar-refractivity contribution in [3.05, 3.63) is 83.3 Å². The molecule has 12 rings (SSSR count). The van der Waals surface area contributed by atoms with Gasteiger partial charge >= 0.3 is 6.01 Å². The van der Waals surface area contributed by atoms with E-state index in [0.29, 0.717) is 64.1 Å². The third-order valence-electron chi connectivity index (χ3n) is 16.4. The van der Waals surface area contributed by atoms with Gasteiger partial charge in [-0.3, -0.25) is 44.2 Å². The zero-order chi connectivity index (χ0) is 48.5. The Kier molecular flexibility index (Phi) is 11.9. The number of anilines is 2. The average Bonchev–Trinajstić information content (AvgIpc) is 4.02. The van der Waals surface area contributed by atoms with Crippen molar-refractivity contribution in [3.8, 4) is 29.6 Å². The molecule has 3 unspecified atom stereocenters. The Morgan fingerprint density at radius 1 is 0.831 bits per heavy atom. The molecule has 0 radical (unpaired) electrons. The number of ether oxygens (including phenoxy) is 1. The van der Waals surface area contributed by atoms with Gasteiger partial charge in [0.15, 0.2) is 5.82 Å². The van der Waals surface area contributed by atoms with Crippen molar-refractivity contribution in [2.24, 2.45) is 5.92 Å². The standard InChI is InChI=1S/C54H58FN11O5/c1-3-33-7-4-8-34-9-5-10-39(45(33)34)48-47(55)49-41(26-56-48)50(65-28-35-13-14-36(29-65)57-35)60-54(59-49)71-31-38-25-37(30-61(38)2)63-23-21-62(22-24-63)27-32-17-19-64(20-18-32)42-12-6-11-40-46(42)53(70)66(52(40)69)43-15-16-44(67)58-51(43)68/h1,4-12,26,32,35-38,43,57H,13-25,27-31H2,2H3,(H,58,67,68)/t35?,36?,37-,38-,43?/m0/s1. The third-order valence-corrected chi connectivity index (χ3v) is 16.4. The van der Waals surface area contributed by atoms with Gasteiger partial charge in [-0.2, -0.15) is 9.97 Å². The lowest BCUT2D eigenvalue weighted by Crippen LogP contribution is -2.54. The molecule has 6 fully saturated rings. The van der Waals surface area contributed by atoms with Crippen LogP contribution >= 0.6 is 0 Å². The second-order valence-electron chi connectivity index (χ2n) is 20.6. The zero-order valence-electron chi connectivity index (χ0n) is 40.0. The van der Waals surface area contributed by atoms with Crippen LogP contribution in [0.1, 0.15) is 71.2 Å². The number of pyridine rings is 1. The first-order chi connectivity index (χ1) is 34.6. The second kappa shape index (κ2) is 18.5. The number of nitrogens with one attached hydrogen (secondary N) is 2. The van der Waals surface area contributed by atoms with Crippen LogP contribution in [-0.2, 0) is 9.59 Å². The summed E-state index contributed by atoms with van der Waals surface area (Å²) in [6, 6.07) is 17.2. The Labute approximate surface area is 411 Å². The number of imide groups is 2. The van der Waals surface area contributed by atoms with Gasteiger partial charge in [0.25, 0.3) is 11.8 Å². The number of hydrogen-bond donors (Lipinski definition) is 2. The molecule has 4 amide bonds. The van der Waals surface area contributed by atoms with Crippen LogP contribution < -0.4 is 25.2 Å². The summed E-state index contributed by atoms with van der Waals surface area (Å²) in [6.07, 6.45) is 12.9. The van der Waals surface area contributed by atoms with E-state index in [2.05, 4.69) is 48.1 Å². The van der Waals surface area contributed by atoms with Crippen LogP contribution in [0.2, 0.25) is 0 Å². The fourth-order valence-electron chi connectivity index (χ4n) is 12.6. The number of carbonyl (C=O) groups excluding carboxylic acids is 4. The summed E-state index contributed by atoms with van der Waals surface area (Å²) in [7, 11) is 2.15. The Morgan fingerprint density at radius 3 is 2.34 bits per heavy atom. The predicted octanol–water partition coefficient (Wildman–Crippen LogP) is 4.29. The SMILES string of the molecule is C#Cc1cccc2cccc(-c3ncc4c(N5CC6CCC(C5)N6)nc(OC[C@@H]5C[C@H](N6CCN(CC7CCN(c8cccc9c8C(=O)N(C8CCC(=O)NC8=O)C9=O)CC7)CC6)CN5C)nc4c3F)c12. The second-order valence-corrected chi connectivity index (χ2v) is 20.6. The summed E-state index contributed by atoms with van der Waals surface area (Å²) in [5.41, 5.74) is 3.09. The topological polar surface area (TPSA) is 160 Å². The number of piperazine rings is 2. The smallest absolute Gasteiger partial charge is 0.319 e. The maximum absolute atomic E-state index is 17.1. The first kappa shape index (κ1) is 45.6. The first-order valence-corrected chi connectivity index (χ1v) is 25.3. The van der Waals surface area contributed by atoms with E-state index in [-0.39, 0.29) is 42.0 Å². The Hall–Kier alpha value is -6.58. The van der Waals surface area contributed by atoms with Crippen LogP contribution in [0.3, 0.4) is 0 Å². The zero-order valence-corrected chi connectivity index (χ0v) is 40.0. The molecule has 16 nitrogen and oxygen atoms in total. The maximum atomic E-state index is 17.1. The van der Waals surface area contributed by atoms with Crippen LogP contribution in [0, 0.1) is 24.1 Å². The number of amides is 4. The van der Waals surface area contributed by atoms with E-state index < -0.39 is 29.6 Å². The number of aromatic nitrogens is 3. The maximum Gasteiger partial charge on any atom is 0.319 e. The lowest BCUT2D eigenvalue weighted by atomic mass is 9.94. The van der Waals surface area contributed by atoms with E-state index in [9.17, 15) is 19.2 Å². The minimum atomic E-state index is -0.985. The number of likely N-dealkylation sites (N-methyl/N-ethyl adjacent to an activating group) is 1. The summed E-state index contributed by atoms with van der Waals surface area (Å²) < 4.78 is 23.6. The molecule has 5 atom stereocenters. The summed E-state index contributed by atoms with van der Waals surface area (Å²) in [6.45, 7) is 9.35. The summed E-state index contributed by atoms with van der Waals surface area (Å²) >= 11 is 0. The highest BCUT2D eigenvalue weighted by Crippen LogP contribution is 2.39. The molecular weight excluding hydrogens is 902 g/mol. The first-order valence-electron chi connectivity index (χ1n) is 25.3. The highest BCUT2D eigenvalue weighted by atomic mass is 19.1. The predicted molar refractivity (Wildman–Crippen MR) is 267 cm³/mol. The summed E-state index contributed by atoms with van der Waals surface area (Å²) in [4.78, 5) is 79.2. The van der Waals surface area contributed by atoms with Crippen molar-refractivity contribution in [3.63, 3.8) is 0 Å². The molecule has 0 aliphatic carbocycles. The quantitative estimate of drug-likeness (QED) is 0.151.